The zero-order chi connectivity index (χ0) is 11.1. The van der Waals surface area contributed by atoms with Crippen LogP contribution in [0.1, 0.15) is 18.1 Å². The number of rotatable bonds is 1. The highest BCUT2D eigenvalue weighted by atomic mass is 16.3. The molecule has 1 aromatic carbocycles. The summed E-state index contributed by atoms with van der Waals surface area (Å²) in [5.41, 5.74) is 1.60. The molecule has 1 aromatic rings. The molecule has 2 nitrogen and oxygen atoms in total. The summed E-state index contributed by atoms with van der Waals surface area (Å²) >= 11 is 0. The lowest BCUT2D eigenvalue weighted by Crippen LogP contribution is -2.33. The Bertz CT molecular complexity index is 363. The molecule has 1 heterocycles. The maximum atomic E-state index is 10.7. The molecule has 0 spiro atoms. The van der Waals surface area contributed by atoms with Crippen LogP contribution < -0.4 is 0 Å². The van der Waals surface area contributed by atoms with Gasteiger partial charge in [0.25, 0.3) is 0 Å². The Morgan fingerprint density at radius 3 is 2.73 bits per heavy atom. The molecule has 1 N–H and O–H groups in total. The fourth-order valence-electron chi connectivity index (χ4n) is 2.54. The number of aliphatic hydroxyl groups is 1. The summed E-state index contributed by atoms with van der Waals surface area (Å²) in [5.74, 6) is 0.296. The van der Waals surface area contributed by atoms with Gasteiger partial charge < -0.3 is 10.0 Å². The second kappa shape index (κ2) is 3.62. The number of likely N-dealkylation sites (N-methyl/N-ethyl adjacent to an activating group) is 1. The van der Waals surface area contributed by atoms with Crippen molar-refractivity contribution in [1.29, 1.82) is 0 Å². The highest BCUT2D eigenvalue weighted by molar-refractivity contribution is 5.29. The van der Waals surface area contributed by atoms with E-state index in [1.807, 2.05) is 12.1 Å². The van der Waals surface area contributed by atoms with E-state index in [0.29, 0.717) is 5.92 Å². The van der Waals surface area contributed by atoms with E-state index in [9.17, 15) is 5.11 Å². The fraction of sp³-hybridized carbons (Fsp3) is 0.538. The topological polar surface area (TPSA) is 23.5 Å². The smallest absolute Gasteiger partial charge is 0.106 e. The molecular formula is C13H19NO. The molecule has 1 fully saturated rings. The maximum Gasteiger partial charge on any atom is 0.106 e. The monoisotopic (exact) mass is 205 g/mol. The minimum atomic E-state index is -0.666. The first-order valence-electron chi connectivity index (χ1n) is 5.50. The molecule has 2 heteroatoms. The molecule has 2 atom stereocenters. The molecule has 0 aromatic heterocycles. The second-order valence-corrected chi connectivity index (χ2v) is 4.89. The van der Waals surface area contributed by atoms with Gasteiger partial charge >= 0.3 is 0 Å². The third-order valence-electron chi connectivity index (χ3n) is 3.43. The molecule has 0 amide bonds. The van der Waals surface area contributed by atoms with Gasteiger partial charge in [0, 0.05) is 19.0 Å². The maximum absolute atomic E-state index is 10.7. The molecular weight excluding hydrogens is 186 g/mol. The lowest BCUT2D eigenvalue weighted by atomic mass is 9.85. The van der Waals surface area contributed by atoms with Gasteiger partial charge in [0.05, 0.1) is 0 Å². The van der Waals surface area contributed by atoms with E-state index < -0.39 is 5.60 Å². The molecule has 15 heavy (non-hydrogen) atoms. The normalized spacial score (nSPS) is 32.1. The molecule has 1 aliphatic heterocycles. The van der Waals surface area contributed by atoms with Crippen molar-refractivity contribution in [3.63, 3.8) is 0 Å². The molecule has 1 saturated heterocycles. The Morgan fingerprint density at radius 1 is 1.47 bits per heavy atom. The molecule has 0 saturated carbocycles. The van der Waals surface area contributed by atoms with Crippen molar-refractivity contribution >= 4 is 0 Å². The third kappa shape index (κ3) is 1.80. The van der Waals surface area contributed by atoms with Crippen LogP contribution in [0.15, 0.2) is 24.3 Å². The second-order valence-electron chi connectivity index (χ2n) is 4.89. The molecule has 0 bridgehead atoms. The van der Waals surface area contributed by atoms with Crippen LogP contribution in [0, 0.1) is 12.8 Å². The largest absolute Gasteiger partial charge is 0.383 e. The number of hydrogen-bond donors (Lipinski definition) is 1. The zero-order valence-corrected chi connectivity index (χ0v) is 9.70. The van der Waals surface area contributed by atoms with Gasteiger partial charge in [-0.15, -0.1) is 0 Å². The quantitative estimate of drug-likeness (QED) is 0.755. The van der Waals surface area contributed by atoms with Gasteiger partial charge in [-0.25, -0.2) is 0 Å². The number of β-amino-alcohol motifs (C(OH)–C–C–N with tert-alkyl or cyclic N) is 1. The molecule has 0 unspecified atom stereocenters. The van der Waals surface area contributed by atoms with Crippen molar-refractivity contribution in [2.45, 2.75) is 19.4 Å². The van der Waals surface area contributed by atoms with Crippen molar-refractivity contribution in [3.05, 3.63) is 35.4 Å². The van der Waals surface area contributed by atoms with Crippen LogP contribution in [0.4, 0.5) is 0 Å². The van der Waals surface area contributed by atoms with Gasteiger partial charge in [-0.1, -0.05) is 36.8 Å². The summed E-state index contributed by atoms with van der Waals surface area (Å²) in [4.78, 5) is 2.19. The number of hydrogen-bond acceptors (Lipinski definition) is 2. The summed E-state index contributed by atoms with van der Waals surface area (Å²) in [6.45, 7) is 5.88. The number of benzene rings is 1. The highest BCUT2D eigenvalue weighted by Gasteiger charge is 2.42. The van der Waals surface area contributed by atoms with Crippen molar-refractivity contribution in [3.8, 4) is 0 Å². The van der Waals surface area contributed by atoms with Crippen molar-refractivity contribution in [2.24, 2.45) is 5.92 Å². The van der Waals surface area contributed by atoms with Gasteiger partial charge in [0.15, 0.2) is 0 Å². The Kier molecular flexibility index (Phi) is 2.57. The molecule has 0 radical (unpaired) electrons. The van der Waals surface area contributed by atoms with Crippen molar-refractivity contribution in [2.75, 3.05) is 20.1 Å². The van der Waals surface area contributed by atoms with Gasteiger partial charge in [-0.05, 0) is 19.5 Å². The standard InChI is InChI=1S/C13H19NO/c1-10-5-4-6-12(7-10)13(15)9-14(3)8-11(13)2/h4-7,11,15H,8-9H2,1-3H3/t11-,13+/m1/s1. The van der Waals surface area contributed by atoms with E-state index in [1.165, 1.54) is 5.56 Å². The Hall–Kier alpha value is -0.860. The molecule has 82 valence electrons. The minimum Gasteiger partial charge on any atom is -0.383 e. The van der Waals surface area contributed by atoms with Crippen LogP contribution in [-0.2, 0) is 5.60 Å². The number of nitrogens with zero attached hydrogens (tertiary/aromatic N) is 1. The average Bonchev–Trinajstić information content (AvgIpc) is 2.42. The van der Waals surface area contributed by atoms with Crippen LogP contribution in [-0.4, -0.2) is 30.1 Å². The fourth-order valence-corrected chi connectivity index (χ4v) is 2.54. The van der Waals surface area contributed by atoms with Gasteiger partial charge in [0.2, 0.25) is 0 Å². The van der Waals surface area contributed by atoms with Crippen molar-refractivity contribution < 1.29 is 5.11 Å². The zero-order valence-electron chi connectivity index (χ0n) is 9.70. The Labute approximate surface area is 91.5 Å². The summed E-state index contributed by atoms with van der Waals surface area (Å²) in [7, 11) is 2.06. The Balaban J connectivity index is 2.37. The van der Waals surface area contributed by atoms with E-state index >= 15 is 0 Å². The molecule has 1 aliphatic rings. The predicted molar refractivity (Wildman–Crippen MR) is 61.7 cm³/mol. The summed E-state index contributed by atoms with van der Waals surface area (Å²) in [5, 5.41) is 10.7. The van der Waals surface area contributed by atoms with Crippen molar-refractivity contribution in [1.82, 2.24) is 4.90 Å². The van der Waals surface area contributed by atoms with Gasteiger partial charge in [-0.3, -0.25) is 0 Å². The average molecular weight is 205 g/mol. The van der Waals surface area contributed by atoms with E-state index in [4.69, 9.17) is 0 Å². The van der Waals surface area contributed by atoms with Crippen LogP contribution in [0.25, 0.3) is 0 Å². The number of likely N-dealkylation sites (tertiary alicyclic amines) is 1. The van der Waals surface area contributed by atoms with E-state index in [-0.39, 0.29) is 0 Å². The van der Waals surface area contributed by atoms with E-state index in [2.05, 4.69) is 37.9 Å². The SMILES string of the molecule is Cc1cccc([C@]2(O)CN(C)C[C@H]2C)c1. The third-order valence-corrected chi connectivity index (χ3v) is 3.43. The lowest BCUT2D eigenvalue weighted by Gasteiger charge is -2.27. The van der Waals surface area contributed by atoms with Crippen LogP contribution in [0.5, 0.6) is 0 Å². The summed E-state index contributed by atoms with van der Waals surface area (Å²) < 4.78 is 0. The van der Waals surface area contributed by atoms with E-state index in [0.717, 1.165) is 18.7 Å². The summed E-state index contributed by atoms with van der Waals surface area (Å²) in [6, 6.07) is 8.21. The first-order valence-corrected chi connectivity index (χ1v) is 5.50. The highest BCUT2D eigenvalue weighted by Crippen LogP contribution is 2.36. The van der Waals surface area contributed by atoms with Crippen LogP contribution in [0.3, 0.4) is 0 Å². The molecule has 0 aliphatic carbocycles. The number of aryl methyl sites for hydroxylation is 1. The van der Waals surface area contributed by atoms with Gasteiger partial charge in [0.1, 0.15) is 5.60 Å². The molecule has 2 rings (SSSR count). The van der Waals surface area contributed by atoms with E-state index in [1.54, 1.807) is 0 Å². The van der Waals surface area contributed by atoms with Crippen LogP contribution in [0.2, 0.25) is 0 Å². The van der Waals surface area contributed by atoms with Crippen LogP contribution >= 0.6 is 0 Å². The minimum absolute atomic E-state index is 0.296. The lowest BCUT2D eigenvalue weighted by molar-refractivity contribution is 0.0146. The summed E-state index contributed by atoms with van der Waals surface area (Å²) in [6.07, 6.45) is 0. The Morgan fingerprint density at radius 2 is 2.20 bits per heavy atom. The first kappa shape index (κ1) is 10.7. The predicted octanol–water partition coefficient (Wildman–Crippen LogP) is 1.76. The first-order chi connectivity index (χ1) is 7.02. The van der Waals surface area contributed by atoms with Gasteiger partial charge in [-0.2, -0.15) is 0 Å².